The molecule has 1 unspecified atom stereocenters. The molecule has 1 aromatic rings. The summed E-state index contributed by atoms with van der Waals surface area (Å²) < 4.78 is 13.3. The van der Waals surface area contributed by atoms with Crippen LogP contribution in [0.25, 0.3) is 0 Å². The predicted molar refractivity (Wildman–Crippen MR) is 76.7 cm³/mol. The van der Waals surface area contributed by atoms with Gasteiger partial charge in [0, 0.05) is 10.6 Å². The Bertz CT molecular complexity index is 472. The Kier molecular flexibility index (Phi) is 5.43. The van der Waals surface area contributed by atoms with E-state index in [0.717, 1.165) is 12.5 Å². The Balaban J connectivity index is 1.86. The number of rotatable bonds is 6. The highest BCUT2D eigenvalue weighted by molar-refractivity contribution is 7.99. The molecule has 0 spiro atoms. The number of aliphatic hydroxyl groups excluding tert-OH is 1. The Labute approximate surface area is 122 Å². The smallest absolute Gasteiger partial charge is 0.338 e. The molecule has 1 aliphatic rings. The van der Waals surface area contributed by atoms with Crippen molar-refractivity contribution in [2.45, 2.75) is 43.1 Å². The number of benzene rings is 1. The minimum Gasteiger partial charge on any atom is -0.478 e. The number of hydrogen-bond acceptors (Lipinski definition) is 3. The van der Waals surface area contributed by atoms with E-state index >= 15 is 0 Å². The maximum atomic E-state index is 13.3. The van der Waals surface area contributed by atoms with Crippen LogP contribution in [0.1, 0.15) is 42.5 Å². The summed E-state index contributed by atoms with van der Waals surface area (Å²) in [7, 11) is 0. The van der Waals surface area contributed by atoms with E-state index in [1.807, 2.05) is 0 Å². The molecule has 110 valence electrons. The second kappa shape index (κ2) is 7.09. The van der Waals surface area contributed by atoms with Gasteiger partial charge in [-0.05, 0) is 30.5 Å². The highest BCUT2D eigenvalue weighted by Gasteiger charge is 2.19. The molecule has 1 fully saturated rings. The van der Waals surface area contributed by atoms with Gasteiger partial charge in [-0.25, -0.2) is 9.18 Å². The first kappa shape index (κ1) is 15.3. The summed E-state index contributed by atoms with van der Waals surface area (Å²) in [5, 5.41) is 18.9. The summed E-state index contributed by atoms with van der Waals surface area (Å²) in [4.78, 5) is 11.5. The van der Waals surface area contributed by atoms with Gasteiger partial charge >= 0.3 is 5.97 Å². The molecular formula is C15H19FO3S. The Hall–Kier alpha value is -1.07. The van der Waals surface area contributed by atoms with Gasteiger partial charge in [0.05, 0.1) is 11.7 Å². The average Bonchev–Trinajstić information content (AvgIpc) is 2.90. The minimum atomic E-state index is -1.27. The molecule has 0 aromatic heterocycles. The van der Waals surface area contributed by atoms with Crippen LogP contribution in [0.15, 0.2) is 23.1 Å². The number of carboxylic acid groups (broad SMARTS) is 1. The van der Waals surface area contributed by atoms with Gasteiger partial charge in [-0.3, -0.25) is 0 Å². The first-order valence-electron chi connectivity index (χ1n) is 6.90. The van der Waals surface area contributed by atoms with Gasteiger partial charge in [0.15, 0.2) is 0 Å². The SMILES string of the molecule is O=C(O)c1cc(SCC(O)CC2CCCC2)ccc1F. The summed E-state index contributed by atoms with van der Waals surface area (Å²) in [5.74, 6) is -0.862. The van der Waals surface area contributed by atoms with E-state index in [9.17, 15) is 14.3 Å². The van der Waals surface area contributed by atoms with Crippen LogP contribution in [0.3, 0.4) is 0 Å². The molecule has 20 heavy (non-hydrogen) atoms. The lowest BCUT2D eigenvalue weighted by Gasteiger charge is -2.15. The van der Waals surface area contributed by atoms with Gasteiger partial charge in [0.2, 0.25) is 0 Å². The van der Waals surface area contributed by atoms with Crippen molar-refractivity contribution in [2.24, 2.45) is 5.92 Å². The molecule has 0 amide bonds. The molecular weight excluding hydrogens is 279 g/mol. The van der Waals surface area contributed by atoms with Crippen molar-refractivity contribution < 1.29 is 19.4 Å². The van der Waals surface area contributed by atoms with Crippen LogP contribution < -0.4 is 0 Å². The fraction of sp³-hybridized carbons (Fsp3) is 0.533. The quantitative estimate of drug-likeness (QED) is 0.788. The highest BCUT2D eigenvalue weighted by Crippen LogP contribution is 2.30. The van der Waals surface area contributed by atoms with Gasteiger partial charge < -0.3 is 10.2 Å². The van der Waals surface area contributed by atoms with Crippen LogP contribution in [0.2, 0.25) is 0 Å². The highest BCUT2D eigenvalue weighted by atomic mass is 32.2. The van der Waals surface area contributed by atoms with Gasteiger partial charge in [-0.2, -0.15) is 0 Å². The van der Waals surface area contributed by atoms with Gasteiger partial charge in [0.25, 0.3) is 0 Å². The largest absolute Gasteiger partial charge is 0.478 e. The van der Waals surface area contributed by atoms with Gasteiger partial charge in [-0.1, -0.05) is 25.7 Å². The van der Waals surface area contributed by atoms with Crippen molar-refractivity contribution in [3.63, 3.8) is 0 Å². The van der Waals surface area contributed by atoms with Crippen LogP contribution >= 0.6 is 11.8 Å². The zero-order valence-corrected chi connectivity index (χ0v) is 12.0. The second-order valence-corrected chi connectivity index (χ2v) is 6.39. The first-order chi connectivity index (χ1) is 9.56. The summed E-state index contributed by atoms with van der Waals surface area (Å²) in [6.45, 7) is 0. The summed E-state index contributed by atoms with van der Waals surface area (Å²) in [6.07, 6.45) is 5.32. The van der Waals surface area contributed by atoms with E-state index < -0.39 is 11.8 Å². The topological polar surface area (TPSA) is 57.5 Å². The molecule has 1 saturated carbocycles. The molecule has 1 aromatic carbocycles. The van der Waals surface area contributed by atoms with Crippen LogP contribution in [-0.4, -0.2) is 28.0 Å². The molecule has 0 saturated heterocycles. The van der Waals surface area contributed by atoms with Crippen molar-refractivity contribution in [3.8, 4) is 0 Å². The molecule has 5 heteroatoms. The lowest BCUT2D eigenvalue weighted by atomic mass is 10.0. The molecule has 2 rings (SSSR count). The van der Waals surface area contributed by atoms with E-state index in [0.29, 0.717) is 16.6 Å². The molecule has 0 heterocycles. The molecule has 3 nitrogen and oxygen atoms in total. The maximum absolute atomic E-state index is 13.3. The number of thioether (sulfide) groups is 1. The summed E-state index contributed by atoms with van der Waals surface area (Å²) in [5.41, 5.74) is -0.319. The second-order valence-electron chi connectivity index (χ2n) is 5.30. The predicted octanol–water partition coefficient (Wildman–Crippen LogP) is 3.56. The number of aliphatic hydroxyl groups is 1. The van der Waals surface area contributed by atoms with Crippen molar-refractivity contribution in [2.75, 3.05) is 5.75 Å². The third-order valence-electron chi connectivity index (χ3n) is 3.69. The fourth-order valence-corrected chi connectivity index (χ4v) is 3.54. The van der Waals surface area contributed by atoms with Crippen molar-refractivity contribution in [1.82, 2.24) is 0 Å². The fourth-order valence-electron chi connectivity index (χ4n) is 2.65. The van der Waals surface area contributed by atoms with Crippen molar-refractivity contribution in [3.05, 3.63) is 29.6 Å². The summed E-state index contributed by atoms with van der Waals surface area (Å²) in [6, 6.07) is 4.04. The van der Waals surface area contributed by atoms with E-state index in [1.165, 1.54) is 43.5 Å². The Morgan fingerprint density at radius 1 is 1.40 bits per heavy atom. The normalized spacial score (nSPS) is 17.3. The van der Waals surface area contributed by atoms with Gasteiger partial charge in [-0.15, -0.1) is 11.8 Å². The standard InChI is InChI=1S/C15H19FO3S/c16-14-6-5-12(8-13(14)15(18)19)20-9-11(17)7-10-3-1-2-4-10/h5-6,8,10-11,17H,1-4,7,9H2,(H,18,19). The van der Waals surface area contributed by atoms with E-state index in [-0.39, 0.29) is 11.7 Å². The zero-order chi connectivity index (χ0) is 14.5. The van der Waals surface area contributed by atoms with Crippen LogP contribution in [0, 0.1) is 11.7 Å². The van der Waals surface area contributed by atoms with Crippen LogP contribution in [0.5, 0.6) is 0 Å². The van der Waals surface area contributed by atoms with Crippen LogP contribution in [0.4, 0.5) is 4.39 Å². The third-order valence-corrected chi connectivity index (χ3v) is 4.83. The molecule has 1 aliphatic carbocycles. The monoisotopic (exact) mass is 298 g/mol. The third kappa shape index (κ3) is 4.21. The number of carboxylic acids is 1. The number of hydrogen-bond donors (Lipinski definition) is 2. The molecule has 2 N–H and O–H groups in total. The first-order valence-corrected chi connectivity index (χ1v) is 7.88. The van der Waals surface area contributed by atoms with Gasteiger partial charge in [0.1, 0.15) is 5.82 Å². The average molecular weight is 298 g/mol. The minimum absolute atomic E-state index is 0.319. The number of aromatic carboxylic acids is 1. The van der Waals surface area contributed by atoms with E-state index in [1.54, 1.807) is 6.07 Å². The molecule has 0 radical (unpaired) electrons. The number of carbonyl (C=O) groups is 1. The molecule has 0 aliphatic heterocycles. The lowest BCUT2D eigenvalue weighted by Crippen LogP contribution is -2.14. The lowest BCUT2D eigenvalue weighted by molar-refractivity contribution is 0.0691. The van der Waals surface area contributed by atoms with Crippen molar-refractivity contribution >= 4 is 17.7 Å². The summed E-state index contributed by atoms with van der Waals surface area (Å²) >= 11 is 1.37. The Morgan fingerprint density at radius 2 is 2.10 bits per heavy atom. The number of halogens is 1. The molecule has 1 atom stereocenters. The van der Waals surface area contributed by atoms with Crippen molar-refractivity contribution in [1.29, 1.82) is 0 Å². The van der Waals surface area contributed by atoms with Crippen LogP contribution in [-0.2, 0) is 0 Å². The van der Waals surface area contributed by atoms with E-state index in [2.05, 4.69) is 0 Å². The zero-order valence-electron chi connectivity index (χ0n) is 11.2. The molecule has 0 bridgehead atoms. The maximum Gasteiger partial charge on any atom is 0.338 e. The Morgan fingerprint density at radius 3 is 2.75 bits per heavy atom. The van der Waals surface area contributed by atoms with E-state index in [4.69, 9.17) is 5.11 Å².